The Kier molecular flexibility index (Phi) is 7.25. The van der Waals surface area contributed by atoms with Crippen LogP contribution in [0.4, 0.5) is 4.39 Å². The molecule has 0 amide bonds. The van der Waals surface area contributed by atoms with Crippen molar-refractivity contribution in [3.05, 3.63) is 30.1 Å². The second kappa shape index (κ2) is 8.80. The minimum Gasteiger partial charge on any atom is -0.357 e. The first-order chi connectivity index (χ1) is 8.76. The Morgan fingerprint density at radius 2 is 2.00 bits per heavy atom. The third-order valence-electron chi connectivity index (χ3n) is 2.26. The summed E-state index contributed by atoms with van der Waals surface area (Å²) in [6.45, 7) is 3.79. The van der Waals surface area contributed by atoms with Crippen LogP contribution in [0.15, 0.2) is 34.2 Å². The molecule has 3 nitrogen and oxygen atoms in total. The SMILES string of the molecule is CCNC(=NC)NCCCSc1ccc(F)cc1. The molecule has 100 valence electrons. The molecule has 0 fully saturated rings. The van der Waals surface area contributed by atoms with Gasteiger partial charge in [-0.1, -0.05) is 0 Å². The van der Waals surface area contributed by atoms with Crippen molar-refractivity contribution in [3.8, 4) is 0 Å². The minimum atomic E-state index is -0.185. The molecule has 0 aromatic heterocycles. The molecule has 0 bridgehead atoms. The largest absolute Gasteiger partial charge is 0.357 e. The Labute approximate surface area is 112 Å². The smallest absolute Gasteiger partial charge is 0.190 e. The minimum absolute atomic E-state index is 0.185. The number of aliphatic imine (C=N–C) groups is 1. The predicted octanol–water partition coefficient (Wildman–Crippen LogP) is 2.49. The number of halogens is 1. The van der Waals surface area contributed by atoms with Gasteiger partial charge in [-0.05, 0) is 43.4 Å². The first-order valence-corrected chi connectivity index (χ1v) is 7.07. The lowest BCUT2D eigenvalue weighted by atomic mass is 10.4. The lowest BCUT2D eigenvalue weighted by molar-refractivity contribution is 0.626. The van der Waals surface area contributed by atoms with Crippen LogP contribution in [0.5, 0.6) is 0 Å². The zero-order valence-electron chi connectivity index (χ0n) is 10.9. The standard InChI is InChI=1S/C13H20FN3S/c1-3-16-13(15-2)17-9-4-10-18-12-7-5-11(14)6-8-12/h5-8H,3-4,9-10H2,1-2H3,(H2,15,16,17). The molecule has 2 N–H and O–H groups in total. The maximum absolute atomic E-state index is 12.7. The molecular formula is C13H20FN3S. The Hall–Kier alpha value is -1.23. The van der Waals surface area contributed by atoms with E-state index in [-0.39, 0.29) is 5.82 Å². The maximum atomic E-state index is 12.7. The normalized spacial score (nSPS) is 11.4. The van der Waals surface area contributed by atoms with Crippen molar-refractivity contribution in [3.63, 3.8) is 0 Å². The van der Waals surface area contributed by atoms with E-state index in [1.807, 2.05) is 19.1 Å². The molecule has 0 heterocycles. The number of hydrogen-bond donors (Lipinski definition) is 2. The van der Waals surface area contributed by atoms with Gasteiger partial charge in [0.15, 0.2) is 5.96 Å². The van der Waals surface area contributed by atoms with Crippen LogP contribution in [-0.4, -0.2) is 31.8 Å². The van der Waals surface area contributed by atoms with Crippen LogP contribution >= 0.6 is 11.8 Å². The summed E-state index contributed by atoms with van der Waals surface area (Å²) in [7, 11) is 1.76. The molecule has 0 aliphatic carbocycles. The third kappa shape index (κ3) is 5.91. The van der Waals surface area contributed by atoms with Gasteiger partial charge in [0.05, 0.1) is 0 Å². The number of thioether (sulfide) groups is 1. The van der Waals surface area contributed by atoms with Crippen molar-refractivity contribution in [2.24, 2.45) is 4.99 Å². The van der Waals surface area contributed by atoms with Gasteiger partial charge in [-0.2, -0.15) is 0 Å². The molecule has 1 aromatic carbocycles. The van der Waals surface area contributed by atoms with E-state index < -0.39 is 0 Å². The quantitative estimate of drug-likeness (QED) is 0.360. The van der Waals surface area contributed by atoms with Crippen LogP contribution < -0.4 is 10.6 Å². The van der Waals surface area contributed by atoms with Gasteiger partial charge in [0.2, 0.25) is 0 Å². The fourth-order valence-corrected chi connectivity index (χ4v) is 2.24. The first kappa shape index (κ1) is 14.8. The van der Waals surface area contributed by atoms with Crippen LogP contribution in [-0.2, 0) is 0 Å². The van der Waals surface area contributed by atoms with E-state index in [9.17, 15) is 4.39 Å². The monoisotopic (exact) mass is 269 g/mol. The van der Waals surface area contributed by atoms with E-state index in [0.717, 1.165) is 36.1 Å². The van der Waals surface area contributed by atoms with Crippen molar-refractivity contribution in [1.29, 1.82) is 0 Å². The molecule has 18 heavy (non-hydrogen) atoms. The molecule has 1 rings (SSSR count). The zero-order valence-corrected chi connectivity index (χ0v) is 11.7. The van der Waals surface area contributed by atoms with Gasteiger partial charge in [0, 0.05) is 25.0 Å². The topological polar surface area (TPSA) is 36.4 Å². The van der Waals surface area contributed by atoms with Gasteiger partial charge in [-0.25, -0.2) is 4.39 Å². The second-order valence-electron chi connectivity index (χ2n) is 3.69. The van der Waals surface area contributed by atoms with E-state index in [0.29, 0.717) is 0 Å². The molecule has 5 heteroatoms. The summed E-state index contributed by atoms with van der Waals surface area (Å²) in [6.07, 6.45) is 1.03. The highest BCUT2D eigenvalue weighted by Gasteiger charge is 1.97. The fourth-order valence-electron chi connectivity index (χ4n) is 1.39. The van der Waals surface area contributed by atoms with Gasteiger partial charge in [-0.15, -0.1) is 11.8 Å². The summed E-state index contributed by atoms with van der Waals surface area (Å²) in [5.74, 6) is 1.65. The number of rotatable bonds is 6. The lowest BCUT2D eigenvalue weighted by Gasteiger charge is -2.09. The van der Waals surface area contributed by atoms with Crippen molar-refractivity contribution >= 4 is 17.7 Å². The van der Waals surface area contributed by atoms with Gasteiger partial charge < -0.3 is 10.6 Å². The summed E-state index contributed by atoms with van der Waals surface area (Å²) in [5, 5.41) is 6.37. The number of hydrogen-bond acceptors (Lipinski definition) is 2. The Morgan fingerprint density at radius 3 is 2.61 bits per heavy atom. The fraction of sp³-hybridized carbons (Fsp3) is 0.462. The number of guanidine groups is 1. The van der Waals surface area contributed by atoms with E-state index >= 15 is 0 Å². The summed E-state index contributed by atoms with van der Waals surface area (Å²) in [4.78, 5) is 5.19. The van der Waals surface area contributed by atoms with Gasteiger partial charge in [0.1, 0.15) is 5.82 Å². The molecular weight excluding hydrogens is 249 g/mol. The number of nitrogens with zero attached hydrogens (tertiary/aromatic N) is 1. The first-order valence-electron chi connectivity index (χ1n) is 6.09. The van der Waals surface area contributed by atoms with Crippen molar-refractivity contribution < 1.29 is 4.39 Å². The molecule has 0 radical (unpaired) electrons. The van der Waals surface area contributed by atoms with Gasteiger partial charge in [-0.3, -0.25) is 4.99 Å². The average molecular weight is 269 g/mol. The molecule has 0 unspecified atom stereocenters. The average Bonchev–Trinajstić information content (AvgIpc) is 2.39. The molecule has 0 saturated carbocycles. The number of nitrogens with one attached hydrogen (secondary N) is 2. The number of benzene rings is 1. The summed E-state index contributed by atoms with van der Waals surface area (Å²) in [5.41, 5.74) is 0. The van der Waals surface area contributed by atoms with Crippen LogP contribution in [0.3, 0.4) is 0 Å². The highest BCUT2D eigenvalue weighted by atomic mass is 32.2. The summed E-state index contributed by atoms with van der Waals surface area (Å²) in [6, 6.07) is 6.61. The Balaban J connectivity index is 2.13. The van der Waals surface area contributed by atoms with Gasteiger partial charge in [0.25, 0.3) is 0 Å². The molecule has 0 aliphatic rings. The molecule has 0 aliphatic heterocycles. The van der Waals surface area contributed by atoms with Crippen molar-refractivity contribution in [2.45, 2.75) is 18.2 Å². The highest BCUT2D eigenvalue weighted by Crippen LogP contribution is 2.18. The van der Waals surface area contributed by atoms with E-state index in [2.05, 4.69) is 15.6 Å². The maximum Gasteiger partial charge on any atom is 0.190 e. The second-order valence-corrected chi connectivity index (χ2v) is 4.85. The summed E-state index contributed by atoms with van der Waals surface area (Å²) >= 11 is 1.73. The molecule has 0 saturated heterocycles. The molecule has 0 atom stereocenters. The zero-order chi connectivity index (χ0) is 13.2. The van der Waals surface area contributed by atoms with Crippen LogP contribution in [0.25, 0.3) is 0 Å². The Bertz CT molecular complexity index is 365. The van der Waals surface area contributed by atoms with Crippen molar-refractivity contribution in [1.82, 2.24) is 10.6 Å². The predicted molar refractivity (Wildman–Crippen MR) is 76.8 cm³/mol. The molecule has 0 spiro atoms. The van der Waals surface area contributed by atoms with E-state index in [4.69, 9.17) is 0 Å². The highest BCUT2D eigenvalue weighted by molar-refractivity contribution is 7.99. The third-order valence-corrected chi connectivity index (χ3v) is 3.36. The van der Waals surface area contributed by atoms with Gasteiger partial charge >= 0.3 is 0 Å². The summed E-state index contributed by atoms with van der Waals surface area (Å²) < 4.78 is 12.7. The lowest BCUT2D eigenvalue weighted by Crippen LogP contribution is -2.37. The van der Waals surface area contributed by atoms with E-state index in [1.165, 1.54) is 12.1 Å². The van der Waals surface area contributed by atoms with Crippen molar-refractivity contribution in [2.75, 3.05) is 25.9 Å². The van der Waals surface area contributed by atoms with Crippen LogP contribution in [0, 0.1) is 5.82 Å². The van der Waals surface area contributed by atoms with E-state index in [1.54, 1.807) is 18.8 Å². The molecule has 1 aromatic rings. The van der Waals surface area contributed by atoms with Crippen LogP contribution in [0.1, 0.15) is 13.3 Å². The Morgan fingerprint density at radius 1 is 1.28 bits per heavy atom. The van der Waals surface area contributed by atoms with Crippen LogP contribution in [0.2, 0.25) is 0 Å².